The second-order valence-corrected chi connectivity index (χ2v) is 5.69. The van der Waals surface area contributed by atoms with Crippen LogP contribution in [0.2, 0.25) is 0 Å². The van der Waals surface area contributed by atoms with Crippen molar-refractivity contribution in [3.8, 4) is 5.69 Å². The average Bonchev–Trinajstić information content (AvgIpc) is 2.91. The van der Waals surface area contributed by atoms with E-state index in [0.29, 0.717) is 5.75 Å². The van der Waals surface area contributed by atoms with E-state index in [9.17, 15) is 5.11 Å². The summed E-state index contributed by atoms with van der Waals surface area (Å²) in [5, 5.41) is 19.3. The summed E-state index contributed by atoms with van der Waals surface area (Å²) in [5.41, 5.74) is 2.99. The van der Waals surface area contributed by atoms with E-state index in [1.807, 2.05) is 54.6 Å². The van der Waals surface area contributed by atoms with Crippen molar-refractivity contribution >= 4 is 22.8 Å². The molecule has 0 aliphatic carbocycles. The first kappa shape index (κ1) is 14.1. The Hall–Kier alpha value is -1.82. The third-order valence-electron chi connectivity index (χ3n) is 3.16. The van der Waals surface area contributed by atoms with Crippen LogP contribution in [0.15, 0.2) is 59.8 Å². The van der Waals surface area contributed by atoms with Crippen LogP contribution in [0.25, 0.3) is 16.7 Å². The summed E-state index contributed by atoms with van der Waals surface area (Å²) in [4.78, 5) is 4.63. The first-order valence-corrected chi connectivity index (χ1v) is 7.73. The van der Waals surface area contributed by atoms with Gasteiger partial charge in [-0.1, -0.05) is 42.1 Å². The molecule has 0 aliphatic rings. The number of aromatic nitrogens is 2. The van der Waals surface area contributed by atoms with Crippen LogP contribution >= 0.6 is 11.8 Å². The van der Waals surface area contributed by atoms with Gasteiger partial charge in [-0.2, -0.15) is 0 Å². The number of nitrogens with zero attached hydrogens (tertiary/aromatic N) is 2. The largest absolute Gasteiger partial charge is 0.394 e. The Kier molecular flexibility index (Phi) is 4.24. The molecule has 0 aliphatic heterocycles. The van der Waals surface area contributed by atoms with Crippen molar-refractivity contribution in [1.29, 1.82) is 0 Å². The smallest absolute Gasteiger partial charge is 0.173 e. The maximum Gasteiger partial charge on any atom is 0.173 e. The third-order valence-corrected chi connectivity index (χ3v) is 4.24. The van der Waals surface area contributed by atoms with Gasteiger partial charge in [0.25, 0.3) is 0 Å². The number of aliphatic hydroxyl groups excluding tert-OH is 2. The van der Waals surface area contributed by atoms with Crippen LogP contribution in [0.1, 0.15) is 0 Å². The first-order chi connectivity index (χ1) is 10.3. The van der Waals surface area contributed by atoms with Crippen LogP contribution < -0.4 is 0 Å². The molecule has 0 spiro atoms. The van der Waals surface area contributed by atoms with Crippen molar-refractivity contribution in [3.63, 3.8) is 0 Å². The first-order valence-electron chi connectivity index (χ1n) is 6.74. The van der Waals surface area contributed by atoms with Gasteiger partial charge in [0.1, 0.15) is 0 Å². The molecule has 0 saturated carbocycles. The minimum absolute atomic E-state index is 0.238. The number of hydrogen-bond donors (Lipinski definition) is 2. The molecule has 0 radical (unpaired) electrons. The van der Waals surface area contributed by atoms with E-state index >= 15 is 0 Å². The standard InChI is InChI=1S/C16H16N2O2S/c19-10-13(20)11-21-16-17-14-8-4-5-9-15(14)18(16)12-6-2-1-3-7-12/h1-9,13,19-20H,10-11H2. The molecule has 1 heterocycles. The summed E-state index contributed by atoms with van der Waals surface area (Å²) in [7, 11) is 0. The Morgan fingerprint density at radius 2 is 1.76 bits per heavy atom. The lowest BCUT2D eigenvalue weighted by Crippen LogP contribution is -2.15. The highest BCUT2D eigenvalue weighted by molar-refractivity contribution is 7.99. The van der Waals surface area contributed by atoms with E-state index < -0.39 is 6.10 Å². The predicted octanol–water partition coefficient (Wildman–Crippen LogP) is 2.47. The zero-order valence-corrected chi connectivity index (χ0v) is 12.2. The van der Waals surface area contributed by atoms with Crippen LogP contribution in [0.5, 0.6) is 0 Å². The fraction of sp³-hybridized carbons (Fsp3) is 0.188. The highest BCUT2D eigenvalue weighted by Gasteiger charge is 2.14. The lowest BCUT2D eigenvalue weighted by atomic mass is 10.3. The number of hydrogen-bond acceptors (Lipinski definition) is 4. The molecule has 21 heavy (non-hydrogen) atoms. The molecule has 4 nitrogen and oxygen atoms in total. The second kappa shape index (κ2) is 6.30. The van der Waals surface area contributed by atoms with Gasteiger partial charge in [-0.05, 0) is 24.3 Å². The van der Waals surface area contributed by atoms with Gasteiger partial charge in [0.05, 0.1) is 23.7 Å². The molecule has 0 saturated heterocycles. The van der Waals surface area contributed by atoms with Gasteiger partial charge in [-0.15, -0.1) is 0 Å². The predicted molar refractivity (Wildman–Crippen MR) is 84.9 cm³/mol. The maximum atomic E-state index is 9.55. The molecule has 3 rings (SSSR count). The Morgan fingerprint density at radius 3 is 2.52 bits per heavy atom. The monoisotopic (exact) mass is 300 g/mol. The van der Waals surface area contributed by atoms with Crippen LogP contribution in [0.4, 0.5) is 0 Å². The zero-order chi connectivity index (χ0) is 14.7. The van der Waals surface area contributed by atoms with Crippen LogP contribution in [-0.2, 0) is 0 Å². The number of thioether (sulfide) groups is 1. The minimum Gasteiger partial charge on any atom is -0.394 e. The molecule has 3 aromatic rings. The highest BCUT2D eigenvalue weighted by Crippen LogP contribution is 2.28. The van der Waals surface area contributed by atoms with Crippen LogP contribution in [-0.4, -0.2) is 38.2 Å². The van der Waals surface area contributed by atoms with Gasteiger partial charge >= 0.3 is 0 Å². The summed E-state index contributed by atoms with van der Waals surface area (Å²) in [6.07, 6.45) is -0.737. The van der Waals surface area contributed by atoms with E-state index in [0.717, 1.165) is 21.9 Å². The Bertz CT molecular complexity index is 727. The van der Waals surface area contributed by atoms with Gasteiger partial charge in [-0.3, -0.25) is 4.57 Å². The Morgan fingerprint density at radius 1 is 1.05 bits per heavy atom. The van der Waals surface area contributed by atoms with Crippen molar-refractivity contribution in [2.75, 3.05) is 12.4 Å². The van der Waals surface area contributed by atoms with Crippen molar-refractivity contribution in [2.45, 2.75) is 11.3 Å². The van der Waals surface area contributed by atoms with Crippen molar-refractivity contribution in [1.82, 2.24) is 9.55 Å². The highest BCUT2D eigenvalue weighted by atomic mass is 32.2. The van der Waals surface area contributed by atoms with Gasteiger partial charge < -0.3 is 10.2 Å². The Labute approximate surface area is 127 Å². The average molecular weight is 300 g/mol. The van der Waals surface area contributed by atoms with Crippen molar-refractivity contribution in [2.24, 2.45) is 0 Å². The van der Waals surface area contributed by atoms with Gasteiger partial charge in [-0.25, -0.2) is 4.98 Å². The number of fused-ring (bicyclic) bond motifs is 1. The molecule has 1 unspecified atom stereocenters. The lowest BCUT2D eigenvalue weighted by molar-refractivity contribution is 0.113. The molecule has 108 valence electrons. The molecule has 0 amide bonds. The quantitative estimate of drug-likeness (QED) is 0.711. The molecule has 1 aromatic heterocycles. The van der Waals surface area contributed by atoms with E-state index in [-0.39, 0.29) is 6.61 Å². The molecule has 5 heteroatoms. The van der Waals surface area contributed by atoms with Gasteiger partial charge in [0.15, 0.2) is 5.16 Å². The number of benzene rings is 2. The SMILES string of the molecule is OCC(O)CSc1nc2ccccc2n1-c1ccccc1. The fourth-order valence-electron chi connectivity index (χ4n) is 2.15. The van der Waals surface area contributed by atoms with E-state index in [1.165, 1.54) is 11.8 Å². The summed E-state index contributed by atoms with van der Waals surface area (Å²) < 4.78 is 2.07. The molecule has 0 fully saturated rings. The van der Waals surface area contributed by atoms with Crippen LogP contribution in [0.3, 0.4) is 0 Å². The fourth-order valence-corrected chi connectivity index (χ4v) is 3.09. The van der Waals surface area contributed by atoms with E-state index in [4.69, 9.17) is 5.11 Å². The number of rotatable bonds is 5. The molecule has 2 aromatic carbocycles. The summed E-state index contributed by atoms with van der Waals surface area (Å²) in [6, 6.07) is 18.0. The number of imidazole rings is 1. The summed E-state index contributed by atoms with van der Waals surface area (Å²) in [6.45, 7) is -0.238. The van der Waals surface area contributed by atoms with Gasteiger partial charge in [0, 0.05) is 11.4 Å². The summed E-state index contributed by atoms with van der Waals surface area (Å²) in [5.74, 6) is 0.409. The third kappa shape index (κ3) is 2.95. The van der Waals surface area contributed by atoms with Crippen molar-refractivity contribution < 1.29 is 10.2 Å². The summed E-state index contributed by atoms with van der Waals surface area (Å²) >= 11 is 1.44. The normalized spacial score (nSPS) is 12.7. The maximum absolute atomic E-state index is 9.55. The number of para-hydroxylation sites is 3. The number of aliphatic hydroxyl groups is 2. The molecular formula is C16H16N2O2S. The second-order valence-electron chi connectivity index (χ2n) is 4.70. The molecule has 2 N–H and O–H groups in total. The lowest BCUT2D eigenvalue weighted by Gasteiger charge is -2.10. The minimum atomic E-state index is -0.737. The van der Waals surface area contributed by atoms with Crippen molar-refractivity contribution in [3.05, 3.63) is 54.6 Å². The van der Waals surface area contributed by atoms with E-state index in [2.05, 4.69) is 9.55 Å². The Balaban J connectivity index is 2.06. The van der Waals surface area contributed by atoms with E-state index in [1.54, 1.807) is 0 Å². The van der Waals surface area contributed by atoms with Crippen LogP contribution in [0, 0.1) is 0 Å². The zero-order valence-electron chi connectivity index (χ0n) is 11.4. The molecule has 1 atom stereocenters. The molecular weight excluding hydrogens is 284 g/mol. The topological polar surface area (TPSA) is 58.3 Å². The van der Waals surface area contributed by atoms with Gasteiger partial charge in [0.2, 0.25) is 0 Å². The molecule has 0 bridgehead atoms.